The van der Waals surface area contributed by atoms with Gasteiger partial charge in [-0.3, -0.25) is 9.59 Å². The van der Waals surface area contributed by atoms with E-state index in [1.54, 1.807) is 26.0 Å². The average molecular weight is 294 g/mol. The van der Waals surface area contributed by atoms with Crippen LogP contribution >= 0.6 is 0 Å². The lowest BCUT2D eigenvalue weighted by Crippen LogP contribution is -2.14. The molecule has 0 bridgehead atoms. The Morgan fingerprint density at radius 3 is 2.05 bits per heavy atom. The standard InChI is InChI=1S/C15H18O6/c1-3-19-14(17)9-13(16)11-5-7-12(8-6-11)21-10-15(18)20-4-2/h5-8H,3-4,9-10H2,1-2H3. The zero-order valence-corrected chi connectivity index (χ0v) is 12.1. The Morgan fingerprint density at radius 1 is 0.905 bits per heavy atom. The van der Waals surface area contributed by atoms with Gasteiger partial charge in [0.2, 0.25) is 0 Å². The van der Waals surface area contributed by atoms with Gasteiger partial charge < -0.3 is 14.2 Å². The number of benzene rings is 1. The van der Waals surface area contributed by atoms with E-state index in [1.165, 1.54) is 12.1 Å². The largest absolute Gasteiger partial charge is 0.482 e. The first kappa shape index (κ1) is 16.7. The lowest BCUT2D eigenvalue weighted by atomic mass is 10.1. The lowest BCUT2D eigenvalue weighted by Gasteiger charge is -2.06. The molecule has 0 atom stereocenters. The van der Waals surface area contributed by atoms with Gasteiger partial charge >= 0.3 is 11.9 Å². The molecule has 1 aromatic carbocycles. The zero-order chi connectivity index (χ0) is 15.7. The second-order valence-corrected chi connectivity index (χ2v) is 4.02. The number of ether oxygens (including phenoxy) is 3. The van der Waals surface area contributed by atoms with E-state index in [-0.39, 0.29) is 25.4 Å². The number of hydrogen-bond acceptors (Lipinski definition) is 6. The minimum Gasteiger partial charge on any atom is -0.482 e. The van der Waals surface area contributed by atoms with Crippen molar-refractivity contribution < 1.29 is 28.6 Å². The highest BCUT2D eigenvalue weighted by molar-refractivity contribution is 6.05. The second kappa shape index (κ2) is 8.73. The molecule has 6 heteroatoms. The molecule has 0 fully saturated rings. The van der Waals surface area contributed by atoms with Crippen molar-refractivity contribution in [2.24, 2.45) is 0 Å². The summed E-state index contributed by atoms with van der Waals surface area (Å²) in [7, 11) is 0. The van der Waals surface area contributed by atoms with Gasteiger partial charge in [-0.05, 0) is 38.1 Å². The molecule has 0 aliphatic carbocycles. The van der Waals surface area contributed by atoms with Crippen LogP contribution in [-0.4, -0.2) is 37.5 Å². The molecule has 0 aliphatic rings. The minimum atomic E-state index is -0.551. The molecule has 0 amide bonds. The van der Waals surface area contributed by atoms with Crippen LogP contribution in [0.5, 0.6) is 5.75 Å². The maximum absolute atomic E-state index is 11.8. The van der Waals surface area contributed by atoms with Gasteiger partial charge in [-0.1, -0.05) is 0 Å². The molecule has 0 radical (unpaired) electrons. The van der Waals surface area contributed by atoms with Crippen LogP contribution in [0.15, 0.2) is 24.3 Å². The first-order valence-electron chi connectivity index (χ1n) is 6.64. The van der Waals surface area contributed by atoms with Gasteiger partial charge in [0.05, 0.1) is 13.2 Å². The first-order valence-corrected chi connectivity index (χ1v) is 6.64. The van der Waals surface area contributed by atoms with Crippen molar-refractivity contribution in [3.05, 3.63) is 29.8 Å². The summed E-state index contributed by atoms with van der Waals surface area (Å²) in [5, 5.41) is 0. The molecule has 0 unspecified atom stereocenters. The summed E-state index contributed by atoms with van der Waals surface area (Å²) in [6.45, 7) is 3.74. The van der Waals surface area contributed by atoms with Crippen molar-refractivity contribution in [1.29, 1.82) is 0 Å². The highest BCUT2D eigenvalue weighted by Gasteiger charge is 2.12. The number of hydrogen-bond donors (Lipinski definition) is 0. The Morgan fingerprint density at radius 2 is 1.48 bits per heavy atom. The number of Topliss-reactive ketones (excluding diaryl/α,β-unsaturated/α-hetero) is 1. The summed E-state index contributed by atoms with van der Waals surface area (Å²) in [6.07, 6.45) is -0.295. The van der Waals surface area contributed by atoms with E-state index in [0.717, 1.165) is 0 Å². The molecule has 1 rings (SSSR count). The second-order valence-electron chi connectivity index (χ2n) is 4.02. The fourth-order valence-corrected chi connectivity index (χ4v) is 1.53. The Bertz CT molecular complexity index is 491. The Kier molecular flexibility index (Phi) is 6.94. The monoisotopic (exact) mass is 294 g/mol. The number of carbonyl (C=O) groups excluding carboxylic acids is 3. The molecule has 0 saturated carbocycles. The Labute approximate surface area is 123 Å². The molecular weight excluding hydrogens is 276 g/mol. The van der Waals surface area contributed by atoms with E-state index in [1.807, 2.05) is 0 Å². The third kappa shape index (κ3) is 6.07. The van der Waals surface area contributed by atoms with Crippen LogP contribution in [0.3, 0.4) is 0 Å². The zero-order valence-electron chi connectivity index (χ0n) is 12.1. The quantitative estimate of drug-likeness (QED) is 0.413. The molecule has 21 heavy (non-hydrogen) atoms. The van der Waals surface area contributed by atoms with Crippen LogP contribution in [0.1, 0.15) is 30.6 Å². The van der Waals surface area contributed by atoms with E-state index in [4.69, 9.17) is 14.2 Å². The summed E-state index contributed by atoms with van der Waals surface area (Å²) in [4.78, 5) is 34.1. The third-order valence-electron chi connectivity index (χ3n) is 2.45. The molecular formula is C15H18O6. The predicted molar refractivity (Wildman–Crippen MR) is 74.2 cm³/mol. The lowest BCUT2D eigenvalue weighted by molar-refractivity contribution is -0.145. The van der Waals surface area contributed by atoms with Gasteiger partial charge in [0, 0.05) is 5.56 Å². The summed E-state index contributed by atoms with van der Waals surface area (Å²) in [5.74, 6) is -0.897. The van der Waals surface area contributed by atoms with Crippen LogP contribution in [0.4, 0.5) is 0 Å². The molecule has 0 heterocycles. The summed E-state index contributed by atoms with van der Waals surface area (Å²) in [5.41, 5.74) is 0.381. The van der Waals surface area contributed by atoms with Gasteiger partial charge in [-0.15, -0.1) is 0 Å². The van der Waals surface area contributed by atoms with Crippen molar-refractivity contribution in [1.82, 2.24) is 0 Å². The van der Waals surface area contributed by atoms with E-state index < -0.39 is 11.9 Å². The third-order valence-corrected chi connectivity index (χ3v) is 2.45. The molecule has 114 valence electrons. The summed E-state index contributed by atoms with van der Waals surface area (Å²) < 4.78 is 14.6. The van der Waals surface area contributed by atoms with Crippen LogP contribution in [0.25, 0.3) is 0 Å². The molecule has 0 spiro atoms. The van der Waals surface area contributed by atoms with Crippen LogP contribution in [0, 0.1) is 0 Å². The average Bonchev–Trinajstić information content (AvgIpc) is 2.46. The van der Waals surface area contributed by atoms with Gasteiger partial charge in [0.15, 0.2) is 12.4 Å². The van der Waals surface area contributed by atoms with Crippen molar-refractivity contribution in [2.75, 3.05) is 19.8 Å². The number of ketones is 1. The molecule has 1 aromatic rings. The maximum atomic E-state index is 11.8. The predicted octanol–water partition coefficient (Wildman–Crippen LogP) is 1.76. The highest BCUT2D eigenvalue weighted by Crippen LogP contribution is 2.13. The Balaban J connectivity index is 2.51. The SMILES string of the molecule is CCOC(=O)COc1ccc(C(=O)CC(=O)OCC)cc1. The van der Waals surface area contributed by atoms with E-state index in [9.17, 15) is 14.4 Å². The maximum Gasteiger partial charge on any atom is 0.344 e. The molecule has 0 N–H and O–H groups in total. The highest BCUT2D eigenvalue weighted by atomic mass is 16.6. The van der Waals surface area contributed by atoms with Crippen LogP contribution < -0.4 is 4.74 Å². The van der Waals surface area contributed by atoms with Gasteiger partial charge in [-0.2, -0.15) is 0 Å². The fourth-order valence-electron chi connectivity index (χ4n) is 1.53. The van der Waals surface area contributed by atoms with Crippen molar-refractivity contribution in [3.63, 3.8) is 0 Å². The number of rotatable bonds is 8. The topological polar surface area (TPSA) is 78.9 Å². The fraction of sp³-hybridized carbons (Fsp3) is 0.400. The van der Waals surface area contributed by atoms with E-state index in [2.05, 4.69) is 0 Å². The molecule has 0 saturated heterocycles. The summed E-state index contributed by atoms with van der Waals surface area (Å²) in [6, 6.07) is 6.17. The van der Waals surface area contributed by atoms with Gasteiger partial charge in [-0.25, -0.2) is 4.79 Å². The first-order chi connectivity index (χ1) is 10.1. The van der Waals surface area contributed by atoms with Crippen molar-refractivity contribution in [2.45, 2.75) is 20.3 Å². The van der Waals surface area contributed by atoms with Gasteiger partial charge in [0.25, 0.3) is 0 Å². The van der Waals surface area contributed by atoms with E-state index >= 15 is 0 Å². The molecule has 6 nitrogen and oxygen atoms in total. The van der Waals surface area contributed by atoms with Crippen LogP contribution in [0.2, 0.25) is 0 Å². The van der Waals surface area contributed by atoms with Gasteiger partial charge in [0.1, 0.15) is 12.2 Å². The molecule has 0 aliphatic heterocycles. The van der Waals surface area contributed by atoms with Crippen molar-refractivity contribution >= 4 is 17.7 Å². The smallest absolute Gasteiger partial charge is 0.344 e. The number of carbonyl (C=O) groups is 3. The Hall–Kier alpha value is -2.37. The molecule has 0 aromatic heterocycles. The van der Waals surface area contributed by atoms with Crippen molar-refractivity contribution in [3.8, 4) is 5.75 Å². The minimum absolute atomic E-state index is 0.191. The normalized spacial score (nSPS) is 9.81. The summed E-state index contributed by atoms with van der Waals surface area (Å²) >= 11 is 0. The van der Waals surface area contributed by atoms with E-state index in [0.29, 0.717) is 17.9 Å². The number of esters is 2. The van der Waals surface area contributed by atoms with Crippen LogP contribution in [-0.2, 0) is 19.1 Å².